The molecule has 8 heteroatoms. The van der Waals surface area contributed by atoms with E-state index in [2.05, 4.69) is 9.71 Å². The molecule has 0 unspecified atom stereocenters. The lowest BCUT2D eigenvalue weighted by Crippen LogP contribution is -2.28. The van der Waals surface area contributed by atoms with E-state index in [1.807, 2.05) is 0 Å². The van der Waals surface area contributed by atoms with Gasteiger partial charge in [-0.1, -0.05) is 11.6 Å². The Morgan fingerprint density at radius 2 is 2.24 bits per heavy atom. The van der Waals surface area contributed by atoms with Gasteiger partial charge in [-0.15, -0.1) is 0 Å². The van der Waals surface area contributed by atoms with Crippen molar-refractivity contribution in [3.8, 4) is 0 Å². The summed E-state index contributed by atoms with van der Waals surface area (Å²) in [5.41, 5.74) is 0. The molecule has 0 aliphatic carbocycles. The van der Waals surface area contributed by atoms with E-state index in [1.165, 1.54) is 18.5 Å². The van der Waals surface area contributed by atoms with Crippen molar-refractivity contribution >= 4 is 21.6 Å². The van der Waals surface area contributed by atoms with Gasteiger partial charge in [-0.3, -0.25) is 4.98 Å². The second-order valence-electron chi connectivity index (χ2n) is 3.04. The quantitative estimate of drug-likeness (QED) is 0.688. The Labute approximate surface area is 105 Å². The summed E-state index contributed by atoms with van der Waals surface area (Å²) in [6.45, 7) is 0.363. The molecule has 0 aromatic carbocycles. The highest BCUT2D eigenvalue weighted by Gasteiger charge is 2.16. The number of aliphatic hydroxyl groups is 1. The summed E-state index contributed by atoms with van der Waals surface area (Å²) in [7, 11) is -3.67. The summed E-state index contributed by atoms with van der Waals surface area (Å²) in [5, 5.41) is 8.57. The van der Waals surface area contributed by atoms with Gasteiger partial charge in [0.1, 0.15) is 4.90 Å². The van der Waals surface area contributed by atoms with Gasteiger partial charge < -0.3 is 9.84 Å². The molecule has 2 N–H and O–H groups in total. The number of hydrogen-bond donors (Lipinski definition) is 2. The van der Waals surface area contributed by atoms with Crippen LogP contribution in [0.25, 0.3) is 0 Å². The Morgan fingerprint density at radius 1 is 1.47 bits per heavy atom. The summed E-state index contributed by atoms with van der Waals surface area (Å²) in [6.07, 6.45) is 2.59. The molecule has 0 saturated carbocycles. The fourth-order valence-corrected chi connectivity index (χ4v) is 2.50. The van der Waals surface area contributed by atoms with E-state index >= 15 is 0 Å². The van der Waals surface area contributed by atoms with Crippen LogP contribution in [0.4, 0.5) is 0 Å². The first-order chi connectivity index (χ1) is 8.08. The molecule has 0 bridgehead atoms. The SMILES string of the molecule is O=S(=O)(NCCOCCO)c1cnccc1Cl. The fourth-order valence-electron chi connectivity index (χ4n) is 1.05. The van der Waals surface area contributed by atoms with Gasteiger partial charge in [0.25, 0.3) is 0 Å². The summed E-state index contributed by atoms with van der Waals surface area (Å²) in [6, 6.07) is 1.40. The minimum absolute atomic E-state index is 0.0659. The highest BCUT2D eigenvalue weighted by Crippen LogP contribution is 2.18. The van der Waals surface area contributed by atoms with Crippen molar-refractivity contribution in [1.82, 2.24) is 9.71 Å². The molecule has 0 spiro atoms. The molecule has 6 nitrogen and oxygen atoms in total. The van der Waals surface area contributed by atoms with Gasteiger partial charge in [-0.05, 0) is 6.07 Å². The first-order valence-electron chi connectivity index (χ1n) is 4.85. The number of rotatable bonds is 7. The average molecular weight is 281 g/mol. The first kappa shape index (κ1) is 14.3. The smallest absolute Gasteiger partial charge is 0.243 e. The number of ether oxygens (including phenoxy) is 1. The van der Waals surface area contributed by atoms with E-state index in [-0.39, 0.29) is 36.3 Å². The molecule has 17 heavy (non-hydrogen) atoms. The third kappa shape index (κ3) is 4.57. The fraction of sp³-hybridized carbons (Fsp3) is 0.444. The molecular formula is C9H13ClN2O4S. The number of halogens is 1. The second-order valence-corrected chi connectivity index (χ2v) is 5.18. The maximum Gasteiger partial charge on any atom is 0.243 e. The molecule has 0 saturated heterocycles. The Morgan fingerprint density at radius 3 is 2.88 bits per heavy atom. The van der Waals surface area contributed by atoms with Gasteiger partial charge in [0.05, 0.1) is 24.8 Å². The summed E-state index contributed by atoms with van der Waals surface area (Å²) in [5.74, 6) is 0. The zero-order chi connectivity index (χ0) is 12.7. The molecule has 0 aliphatic rings. The normalized spacial score (nSPS) is 11.6. The summed E-state index contributed by atoms with van der Waals surface area (Å²) >= 11 is 5.75. The maximum absolute atomic E-state index is 11.7. The van der Waals surface area contributed by atoms with Crippen LogP contribution in [-0.2, 0) is 14.8 Å². The van der Waals surface area contributed by atoms with Crippen molar-refractivity contribution in [1.29, 1.82) is 0 Å². The minimum atomic E-state index is -3.67. The van der Waals surface area contributed by atoms with Crippen LogP contribution in [0.1, 0.15) is 0 Å². The zero-order valence-electron chi connectivity index (χ0n) is 8.97. The zero-order valence-corrected chi connectivity index (χ0v) is 10.5. The predicted molar refractivity (Wildman–Crippen MR) is 62.3 cm³/mol. The Balaban J connectivity index is 2.55. The maximum atomic E-state index is 11.7. The topological polar surface area (TPSA) is 88.5 Å². The number of aromatic nitrogens is 1. The van der Waals surface area contributed by atoms with Crippen LogP contribution in [0, 0.1) is 0 Å². The number of hydrogen-bond acceptors (Lipinski definition) is 5. The van der Waals surface area contributed by atoms with Crippen LogP contribution in [0.3, 0.4) is 0 Å². The molecule has 0 amide bonds. The monoisotopic (exact) mass is 280 g/mol. The Hall–Kier alpha value is -0.730. The van der Waals surface area contributed by atoms with Crippen LogP contribution in [0.5, 0.6) is 0 Å². The number of aliphatic hydroxyl groups excluding tert-OH is 1. The molecule has 96 valence electrons. The molecule has 1 rings (SSSR count). The standard InChI is InChI=1S/C9H13ClN2O4S/c10-8-1-2-11-7-9(8)17(14,15)12-3-5-16-6-4-13/h1-2,7,12-13H,3-6H2. The molecular weight excluding hydrogens is 268 g/mol. The highest BCUT2D eigenvalue weighted by molar-refractivity contribution is 7.89. The van der Waals surface area contributed by atoms with Crippen LogP contribution >= 0.6 is 11.6 Å². The van der Waals surface area contributed by atoms with E-state index in [9.17, 15) is 8.42 Å². The third-order valence-electron chi connectivity index (χ3n) is 1.80. The largest absolute Gasteiger partial charge is 0.394 e. The third-order valence-corrected chi connectivity index (χ3v) is 3.73. The lowest BCUT2D eigenvalue weighted by Gasteiger charge is -2.07. The van der Waals surface area contributed by atoms with Crippen LogP contribution < -0.4 is 4.72 Å². The van der Waals surface area contributed by atoms with Crippen molar-refractivity contribution in [2.75, 3.05) is 26.4 Å². The van der Waals surface area contributed by atoms with Crippen molar-refractivity contribution in [3.63, 3.8) is 0 Å². The van der Waals surface area contributed by atoms with Gasteiger partial charge in [0.2, 0.25) is 10.0 Å². The summed E-state index contributed by atoms with van der Waals surface area (Å²) < 4.78 is 30.7. The van der Waals surface area contributed by atoms with Crippen molar-refractivity contribution in [3.05, 3.63) is 23.5 Å². The van der Waals surface area contributed by atoms with Gasteiger partial charge in [0, 0.05) is 18.9 Å². The van der Waals surface area contributed by atoms with Crippen LogP contribution in [-0.4, -0.2) is 44.9 Å². The molecule has 1 heterocycles. The first-order valence-corrected chi connectivity index (χ1v) is 6.72. The molecule has 1 aromatic rings. The van der Waals surface area contributed by atoms with Crippen LogP contribution in [0.2, 0.25) is 5.02 Å². The average Bonchev–Trinajstić information content (AvgIpc) is 2.29. The van der Waals surface area contributed by atoms with Gasteiger partial charge in [-0.25, -0.2) is 13.1 Å². The number of nitrogens with one attached hydrogen (secondary N) is 1. The molecule has 1 aromatic heterocycles. The molecule has 0 aliphatic heterocycles. The lowest BCUT2D eigenvalue weighted by atomic mass is 10.5. The van der Waals surface area contributed by atoms with Crippen molar-refractivity contribution in [2.45, 2.75) is 4.90 Å². The number of sulfonamides is 1. The van der Waals surface area contributed by atoms with E-state index in [0.717, 1.165) is 0 Å². The van der Waals surface area contributed by atoms with E-state index in [0.29, 0.717) is 0 Å². The lowest BCUT2D eigenvalue weighted by molar-refractivity contribution is 0.0961. The van der Waals surface area contributed by atoms with Gasteiger partial charge in [0.15, 0.2) is 0 Å². The summed E-state index contributed by atoms with van der Waals surface area (Å²) in [4.78, 5) is 3.64. The Bertz CT molecular complexity index is 452. The van der Waals surface area contributed by atoms with Crippen molar-refractivity contribution < 1.29 is 18.3 Å². The van der Waals surface area contributed by atoms with E-state index in [1.54, 1.807) is 0 Å². The predicted octanol–water partition coefficient (Wildman–Crippen LogP) is 0.0222. The second kappa shape index (κ2) is 6.87. The molecule has 0 atom stereocenters. The highest BCUT2D eigenvalue weighted by atomic mass is 35.5. The Kier molecular flexibility index (Phi) is 5.79. The minimum Gasteiger partial charge on any atom is -0.394 e. The van der Waals surface area contributed by atoms with Gasteiger partial charge >= 0.3 is 0 Å². The van der Waals surface area contributed by atoms with Crippen molar-refractivity contribution in [2.24, 2.45) is 0 Å². The molecule has 0 fully saturated rings. The van der Waals surface area contributed by atoms with Crippen LogP contribution in [0.15, 0.2) is 23.4 Å². The van der Waals surface area contributed by atoms with E-state index in [4.69, 9.17) is 21.4 Å². The number of pyridine rings is 1. The molecule has 0 radical (unpaired) electrons. The number of nitrogens with zero attached hydrogens (tertiary/aromatic N) is 1. The van der Waals surface area contributed by atoms with E-state index < -0.39 is 10.0 Å². The van der Waals surface area contributed by atoms with Gasteiger partial charge in [-0.2, -0.15) is 0 Å².